The fraction of sp³-hybridized carbons (Fsp3) is 0.333. The Morgan fingerprint density at radius 2 is 1.70 bits per heavy atom. The lowest BCUT2D eigenvalue weighted by Crippen LogP contribution is -2.39. The van der Waals surface area contributed by atoms with Gasteiger partial charge < -0.3 is 14.5 Å². The van der Waals surface area contributed by atoms with Gasteiger partial charge in [0.2, 0.25) is 0 Å². The van der Waals surface area contributed by atoms with E-state index < -0.39 is 29.5 Å². The molecule has 0 fully saturated rings. The summed E-state index contributed by atoms with van der Waals surface area (Å²) < 4.78 is 5.41. The zero-order valence-electron chi connectivity index (χ0n) is 16.8. The van der Waals surface area contributed by atoms with Gasteiger partial charge in [-0.3, -0.25) is 9.59 Å². The quantitative estimate of drug-likeness (QED) is 0.681. The van der Waals surface area contributed by atoms with E-state index in [1.54, 1.807) is 43.9 Å². The molecule has 0 bridgehead atoms. The van der Waals surface area contributed by atoms with Crippen LogP contribution in [-0.2, 0) is 22.5 Å². The second-order valence-electron chi connectivity index (χ2n) is 8.04. The summed E-state index contributed by atoms with van der Waals surface area (Å²) in [6, 6.07) is 7.94. The third-order valence-electron chi connectivity index (χ3n) is 4.65. The summed E-state index contributed by atoms with van der Waals surface area (Å²) in [5, 5.41) is 0.499. The van der Waals surface area contributed by atoms with E-state index in [2.05, 4.69) is 0 Å². The topological polar surface area (TPSA) is 93.2 Å². The molecule has 156 valence electrons. The molecule has 0 spiro atoms. The highest BCUT2D eigenvalue weighted by atomic mass is 32.1. The van der Waals surface area contributed by atoms with Crippen LogP contribution in [0.4, 0.5) is 4.79 Å². The molecule has 0 saturated heterocycles. The molecule has 1 aromatic carbocycles. The lowest BCUT2D eigenvalue weighted by molar-refractivity contribution is -0.0581. The summed E-state index contributed by atoms with van der Waals surface area (Å²) in [4.78, 5) is 57.6. The van der Waals surface area contributed by atoms with Crippen molar-refractivity contribution in [2.45, 2.75) is 39.3 Å². The number of imide groups is 1. The van der Waals surface area contributed by atoms with Gasteiger partial charge in [0.15, 0.2) is 0 Å². The zero-order chi connectivity index (χ0) is 21.6. The van der Waals surface area contributed by atoms with E-state index in [4.69, 9.17) is 9.57 Å². The first-order valence-corrected chi connectivity index (χ1v) is 10.3. The Hall–Kier alpha value is -3.20. The SMILES string of the molecule is CC(C)(C)OC(=O)N1CCc2sc(C(=O)ON3C(=O)c4ccccc4C3=O)cc2C1. The molecule has 0 atom stereocenters. The minimum Gasteiger partial charge on any atom is -0.444 e. The minimum atomic E-state index is -0.785. The van der Waals surface area contributed by atoms with Gasteiger partial charge in [0, 0.05) is 11.4 Å². The van der Waals surface area contributed by atoms with E-state index in [9.17, 15) is 19.2 Å². The van der Waals surface area contributed by atoms with E-state index in [0.29, 0.717) is 24.6 Å². The van der Waals surface area contributed by atoms with Crippen LogP contribution < -0.4 is 0 Å². The van der Waals surface area contributed by atoms with Crippen LogP contribution >= 0.6 is 11.3 Å². The Kier molecular flexibility index (Phi) is 4.85. The molecule has 0 aliphatic carbocycles. The van der Waals surface area contributed by atoms with Crippen LogP contribution in [0.25, 0.3) is 0 Å². The van der Waals surface area contributed by atoms with E-state index in [-0.39, 0.29) is 16.0 Å². The molecule has 0 radical (unpaired) electrons. The van der Waals surface area contributed by atoms with Crippen LogP contribution in [0.15, 0.2) is 30.3 Å². The number of hydroxylamine groups is 2. The Bertz CT molecular complexity index is 1030. The average molecular weight is 428 g/mol. The number of amides is 3. The summed E-state index contributed by atoms with van der Waals surface area (Å²) in [7, 11) is 0. The Labute approximate surface area is 176 Å². The molecule has 0 N–H and O–H groups in total. The van der Waals surface area contributed by atoms with E-state index in [0.717, 1.165) is 10.4 Å². The summed E-state index contributed by atoms with van der Waals surface area (Å²) >= 11 is 1.24. The second-order valence-corrected chi connectivity index (χ2v) is 9.18. The number of rotatable bonds is 2. The molecule has 3 heterocycles. The van der Waals surface area contributed by atoms with Crippen LogP contribution in [0.5, 0.6) is 0 Å². The van der Waals surface area contributed by atoms with Gasteiger partial charge in [-0.2, -0.15) is 0 Å². The maximum absolute atomic E-state index is 12.6. The molecule has 2 aliphatic heterocycles. The third-order valence-corrected chi connectivity index (χ3v) is 5.87. The van der Waals surface area contributed by atoms with E-state index >= 15 is 0 Å². The van der Waals surface area contributed by atoms with Gasteiger partial charge in [-0.15, -0.1) is 11.3 Å². The Morgan fingerprint density at radius 3 is 2.30 bits per heavy atom. The monoisotopic (exact) mass is 428 g/mol. The minimum absolute atomic E-state index is 0.203. The maximum Gasteiger partial charge on any atom is 0.410 e. The highest BCUT2D eigenvalue weighted by Gasteiger charge is 2.39. The normalized spacial score (nSPS) is 15.7. The number of thiophene rings is 1. The van der Waals surface area contributed by atoms with Crippen LogP contribution in [0.3, 0.4) is 0 Å². The van der Waals surface area contributed by atoms with Crippen LogP contribution in [-0.4, -0.2) is 46.0 Å². The third kappa shape index (κ3) is 3.68. The number of carbonyl (C=O) groups is 4. The van der Waals surface area contributed by atoms with Crippen LogP contribution in [0.2, 0.25) is 0 Å². The predicted octanol–water partition coefficient (Wildman–Crippen LogP) is 3.41. The molecule has 2 aliphatic rings. The van der Waals surface area contributed by atoms with Crippen molar-refractivity contribution >= 4 is 35.2 Å². The van der Waals surface area contributed by atoms with Gasteiger partial charge in [0.05, 0.1) is 17.7 Å². The van der Waals surface area contributed by atoms with Gasteiger partial charge in [-0.1, -0.05) is 17.2 Å². The Balaban J connectivity index is 1.46. The van der Waals surface area contributed by atoms with E-state index in [1.807, 2.05) is 0 Å². The first kappa shape index (κ1) is 20.1. The highest BCUT2D eigenvalue weighted by Crippen LogP contribution is 2.30. The van der Waals surface area contributed by atoms with Gasteiger partial charge in [0.25, 0.3) is 11.8 Å². The fourth-order valence-electron chi connectivity index (χ4n) is 3.29. The first-order valence-electron chi connectivity index (χ1n) is 9.43. The fourth-order valence-corrected chi connectivity index (χ4v) is 4.33. The van der Waals surface area contributed by atoms with Crippen molar-refractivity contribution in [3.05, 3.63) is 56.8 Å². The van der Waals surface area contributed by atoms with Crippen molar-refractivity contribution in [3.63, 3.8) is 0 Å². The molecule has 4 rings (SSSR count). The Morgan fingerprint density at radius 1 is 1.07 bits per heavy atom. The van der Waals surface area contributed by atoms with Crippen LogP contribution in [0, 0.1) is 0 Å². The molecule has 0 saturated carbocycles. The van der Waals surface area contributed by atoms with Crippen molar-refractivity contribution in [2.24, 2.45) is 0 Å². The van der Waals surface area contributed by atoms with Gasteiger partial charge in [-0.25, -0.2) is 9.59 Å². The predicted molar refractivity (Wildman–Crippen MR) is 107 cm³/mol. The zero-order valence-corrected chi connectivity index (χ0v) is 17.6. The van der Waals surface area contributed by atoms with Gasteiger partial charge in [-0.05, 0) is 51.0 Å². The number of nitrogens with zero attached hydrogens (tertiary/aromatic N) is 2. The molecule has 0 unspecified atom stereocenters. The number of hydrogen-bond acceptors (Lipinski definition) is 7. The van der Waals surface area contributed by atoms with Crippen molar-refractivity contribution in [2.75, 3.05) is 6.54 Å². The smallest absolute Gasteiger partial charge is 0.410 e. The molecule has 9 heteroatoms. The lowest BCUT2D eigenvalue weighted by atomic mass is 10.1. The second kappa shape index (κ2) is 7.24. The number of hydrogen-bond donors (Lipinski definition) is 0. The van der Waals surface area contributed by atoms with Crippen molar-refractivity contribution in [1.82, 2.24) is 9.96 Å². The molecule has 3 amide bonds. The molecule has 1 aromatic heterocycles. The highest BCUT2D eigenvalue weighted by molar-refractivity contribution is 7.14. The number of fused-ring (bicyclic) bond motifs is 2. The number of benzene rings is 1. The van der Waals surface area contributed by atoms with Crippen molar-refractivity contribution in [3.8, 4) is 0 Å². The molecular weight excluding hydrogens is 408 g/mol. The summed E-state index contributed by atoms with van der Waals surface area (Å²) in [5.41, 5.74) is 0.641. The van der Waals surface area contributed by atoms with E-state index in [1.165, 1.54) is 23.5 Å². The van der Waals surface area contributed by atoms with Gasteiger partial charge in [0.1, 0.15) is 10.5 Å². The average Bonchev–Trinajstić information content (AvgIpc) is 3.22. The molecule has 2 aromatic rings. The molecular formula is C21H20N2O6S. The van der Waals surface area contributed by atoms with Crippen molar-refractivity contribution < 1.29 is 28.8 Å². The van der Waals surface area contributed by atoms with Gasteiger partial charge >= 0.3 is 12.1 Å². The molecule has 30 heavy (non-hydrogen) atoms. The molecule has 8 nitrogen and oxygen atoms in total. The summed E-state index contributed by atoms with van der Waals surface area (Å²) in [6.45, 7) is 6.21. The lowest BCUT2D eigenvalue weighted by Gasteiger charge is -2.29. The van der Waals surface area contributed by atoms with Crippen LogP contribution in [0.1, 0.15) is 61.6 Å². The van der Waals surface area contributed by atoms with Crippen molar-refractivity contribution in [1.29, 1.82) is 0 Å². The number of carbonyl (C=O) groups excluding carboxylic acids is 4. The summed E-state index contributed by atoms with van der Waals surface area (Å²) in [6.07, 6.45) is 0.175. The largest absolute Gasteiger partial charge is 0.444 e. The first-order chi connectivity index (χ1) is 14.1. The number of ether oxygens (including phenoxy) is 1. The maximum atomic E-state index is 12.6. The standard InChI is InChI=1S/C21H20N2O6S/c1-21(2,3)28-20(27)22-9-8-15-12(11-22)10-16(30-15)19(26)29-23-17(24)13-6-4-5-7-14(13)18(23)25/h4-7,10H,8-9,11H2,1-3H3. The summed E-state index contributed by atoms with van der Waals surface area (Å²) in [5.74, 6) is -2.12.